The van der Waals surface area contributed by atoms with Crippen LogP contribution in [0.4, 0.5) is 5.69 Å². The molecule has 0 amide bonds. The summed E-state index contributed by atoms with van der Waals surface area (Å²) in [6, 6.07) is 8.66. The monoisotopic (exact) mass is 306 g/mol. The highest BCUT2D eigenvalue weighted by atomic mass is 16.5. The van der Waals surface area contributed by atoms with Crippen molar-refractivity contribution in [2.24, 2.45) is 10.2 Å². The van der Waals surface area contributed by atoms with E-state index in [1.807, 2.05) is 0 Å². The molecule has 0 saturated heterocycles. The number of carbonyl (C=O) groups excluding carboxylic acids is 2. The minimum Gasteiger partial charge on any atom is -0.509 e. The fourth-order valence-corrected chi connectivity index (χ4v) is 1.45. The lowest BCUT2D eigenvalue weighted by Gasteiger charge is -2.05. The average Bonchev–Trinajstić information content (AvgIpc) is 2.49. The molecular weight excluding hydrogens is 288 g/mol. The molecular formula is C15H18N2O5. The van der Waals surface area contributed by atoms with E-state index in [4.69, 9.17) is 9.47 Å². The molecule has 0 aromatic heterocycles. The van der Waals surface area contributed by atoms with E-state index in [2.05, 4.69) is 10.2 Å². The van der Waals surface area contributed by atoms with Crippen LogP contribution in [0.5, 0.6) is 0 Å². The topological polar surface area (TPSA) is 97.5 Å². The van der Waals surface area contributed by atoms with Crippen molar-refractivity contribution in [1.82, 2.24) is 0 Å². The first-order valence-electron chi connectivity index (χ1n) is 6.80. The van der Waals surface area contributed by atoms with Gasteiger partial charge in [0.05, 0.1) is 18.9 Å². The summed E-state index contributed by atoms with van der Waals surface area (Å²) in [7, 11) is 0. The minimum absolute atomic E-state index is 0.107. The van der Waals surface area contributed by atoms with Crippen LogP contribution in [0.25, 0.3) is 0 Å². The van der Waals surface area contributed by atoms with Crippen LogP contribution >= 0.6 is 0 Å². The lowest BCUT2D eigenvalue weighted by Crippen LogP contribution is -2.12. The Morgan fingerprint density at radius 1 is 1.09 bits per heavy atom. The number of aliphatic hydroxyl groups is 1. The van der Waals surface area contributed by atoms with E-state index < -0.39 is 29.8 Å². The third-order valence-electron chi connectivity index (χ3n) is 2.38. The Labute approximate surface area is 128 Å². The van der Waals surface area contributed by atoms with E-state index in [1.54, 1.807) is 44.2 Å². The van der Waals surface area contributed by atoms with Crippen molar-refractivity contribution < 1.29 is 24.2 Å². The first-order valence-corrected chi connectivity index (χ1v) is 6.80. The molecule has 0 aliphatic rings. The molecule has 1 N–H and O–H groups in total. The summed E-state index contributed by atoms with van der Waals surface area (Å²) in [5.74, 6) is -2.07. The maximum atomic E-state index is 11.8. The number of esters is 2. The van der Waals surface area contributed by atoms with Gasteiger partial charge in [0.25, 0.3) is 0 Å². The molecule has 7 nitrogen and oxygen atoms in total. The minimum atomic E-state index is -0.857. The van der Waals surface area contributed by atoms with Crippen LogP contribution in [0.3, 0.4) is 0 Å². The second-order valence-corrected chi connectivity index (χ2v) is 4.03. The molecule has 0 atom stereocenters. The van der Waals surface area contributed by atoms with Gasteiger partial charge in [0.2, 0.25) is 5.70 Å². The molecule has 0 heterocycles. The molecule has 0 fully saturated rings. The van der Waals surface area contributed by atoms with Crippen molar-refractivity contribution in [2.75, 3.05) is 13.2 Å². The van der Waals surface area contributed by atoms with Crippen molar-refractivity contribution in [3.05, 3.63) is 41.8 Å². The van der Waals surface area contributed by atoms with Crippen LogP contribution < -0.4 is 0 Å². The number of aliphatic hydroxyl groups excluding tert-OH is 1. The smallest absolute Gasteiger partial charge is 0.362 e. The molecule has 1 aromatic rings. The van der Waals surface area contributed by atoms with Crippen molar-refractivity contribution in [1.29, 1.82) is 0 Å². The summed E-state index contributed by atoms with van der Waals surface area (Å²) in [5, 5.41) is 17.4. The van der Waals surface area contributed by atoms with Gasteiger partial charge in [-0.3, -0.25) is 4.79 Å². The van der Waals surface area contributed by atoms with E-state index in [1.165, 1.54) is 0 Å². The van der Waals surface area contributed by atoms with E-state index >= 15 is 0 Å². The molecule has 0 aliphatic heterocycles. The highest BCUT2D eigenvalue weighted by molar-refractivity contribution is 5.89. The maximum Gasteiger partial charge on any atom is 0.362 e. The van der Waals surface area contributed by atoms with E-state index in [9.17, 15) is 14.7 Å². The van der Waals surface area contributed by atoms with Crippen LogP contribution in [-0.4, -0.2) is 30.3 Å². The Morgan fingerprint density at radius 2 is 1.73 bits per heavy atom. The van der Waals surface area contributed by atoms with Crippen molar-refractivity contribution >= 4 is 17.6 Å². The van der Waals surface area contributed by atoms with Crippen LogP contribution in [0, 0.1) is 0 Å². The predicted molar refractivity (Wildman–Crippen MR) is 78.5 cm³/mol. The van der Waals surface area contributed by atoms with Gasteiger partial charge in [-0.1, -0.05) is 18.2 Å². The number of hydrogen-bond donors (Lipinski definition) is 1. The van der Waals surface area contributed by atoms with Gasteiger partial charge in [0.1, 0.15) is 12.2 Å². The van der Waals surface area contributed by atoms with Gasteiger partial charge in [-0.2, -0.15) is 5.11 Å². The highest BCUT2D eigenvalue weighted by Gasteiger charge is 2.19. The lowest BCUT2D eigenvalue weighted by molar-refractivity contribution is -0.142. The molecule has 1 rings (SSSR count). The summed E-state index contributed by atoms with van der Waals surface area (Å²) in [4.78, 5) is 23.2. The number of ether oxygens (including phenoxy) is 2. The molecule has 22 heavy (non-hydrogen) atoms. The number of benzene rings is 1. The van der Waals surface area contributed by atoms with Gasteiger partial charge in [-0.05, 0) is 26.0 Å². The Balaban J connectivity index is 2.99. The molecule has 1 aromatic carbocycles. The zero-order valence-electron chi connectivity index (χ0n) is 12.5. The van der Waals surface area contributed by atoms with Crippen molar-refractivity contribution in [3.8, 4) is 0 Å². The Hall–Kier alpha value is -2.70. The van der Waals surface area contributed by atoms with Gasteiger partial charge in [0.15, 0.2) is 0 Å². The first kappa shape index (κ1) is 17.4. The highest BCUT2D eigenvalue weighted by Crippen LogP contribution is 2.16. The quantitative estimate of drug-likeness (QED) is 0.361. The summed E-state index contributed by atoms with van der Waals surface area (Å²) in [5.41, 5.74) is 0.0759. The molecule has 0 radical (unpaired) electrons. The Morgan fingerprint density at radius 3 is 2.32 bits per heavy atom. The molecule has 0 aliphatic carbocycles. The summed E-state index contributed by atoms with van der Waals surface area (Å²) < 4.78 is 9.50. The van der Waals surface area contributed by atoms with Crippen LogP contribution in [0.2, 0.25) is 0 Å². The first-order chi connectivity index (χ1) is 10.6. The summed E-state index contributed by atoms with van der Waals surface area (Å²) >= 11 is 0. The number of azo groups is 1. The predicted octanol–water partition coefficient (Wildman–Crippen LogP) is 3.06. The second kappa shape index (κ2) is 9.28. The van der Waals surface area contributed by atoms with Gasteiger partial charge in [-0.15, -0.1) is 5.11 Å². The normalized spacial score (nSPS) is 11.9. The fourth-order valence-electron chi connectivity index (χ4n) is 1.45. The van der Waals surface area contributed by atoms with Gasteiger partial charge < -0.3 is 14.6 Å². The summed E-state index contributed by atoms with van der Waals surface area (Å²) in [6.07, 6.45) is -0.476. The third-order valence-corrected chi connectivity index (χ3v) is 2.38. The number of hydrogen-bond acceptors (Lipinski definition) is 7. The number of rotatable bonds is 7. The molecule has 0 saturated carbocycles. The maximum absolute atomic E-state index is 11.8. The number of nitrogens with zero attached hydrogens (tertiary/aromatic N) is 2. The third kappa shape index (κ3) is 5.74. The fraction of sp³-hybridized carbons (Fsp3) is 0.333. The van der Waals surface area contributed by atoms with E-state index in [0.29, 0.717) is 5.69 Å². The zero-order valence-corrected chi connectivity index (χ0v) is 12.5. The molecule has 0 bridgehead atoms. The standard InChI is InChI=1S/C15H18N2O5/c1-3-21-13(19)10-12(18)14(15(20)22-4-2)17-16-11-8-6-5-7-9-11/h5-9,18H,3-4,10H2,1-2H3/b14-12-,17-16?. The largest absolute Gasteiger partial charge is 0.509 e. The van der Waals surface area contributed by atoms with Crippen LogP contribution in [-0.2, 0) is 19.1 Å². The SMILES string of the molecule is CCOC(=O)C/C(O)=C(/N=Nc1ccccc1)C(=O)OCC. The van der Waals surface area contributed by atoms with Crippen molar-refractivity contribution in [2.45, 2.75) is 20.3 Å². The number of carbonyl (C=O) groups is 2. The average molecular weight is 306 g/mol. The molecule has 0 unspecified atom stereocenters. The zero-order chi connectivity index (χ0) is 16.4. The van der Waals surface area contributed by atoms with Crippen molar-refractivity contribution in [3.63, 3.8) is 0 Å². The molecule has 118 valence electrons. The molecule has 0 spiro atoms. The van der Waals surface area contributed by atoms with Gasteiger partial charge in [0, 0.05) is 0 Å². The van der Waals surface area contributed by atoms with Crippen LogP contribution in [0.15, 0.2) is 52.0 Å². The van der Waals surface area contributed by atoms with Gasteiger partial charge >= 0.3 is 11.9 Å². The Kier molecular flexibility index (Phi) is 7.32. The lowest BCUT2D eigenvalue weighted by atomic mass is 10.3. The van der Waals surface area contributed by atoms with E-state index in [0.717, 1.165) is 0 Å². The van der Waals surface area contributed by atoms with E-state index in [-0.39, 0.29) is 13.2 Å². The molecule has 7 heteroatoms. The second-order valence-electron chi connectivity index (χ2n) is 4.03. The Bertz CT molecular complexity index is 567. The van der Waals surface area contributed by atoms with Gasteiger partial charge in [-0.25, -0.2) is 4.79 Å². The van der Waals surface area contributed by atoms with Crippen LogP contribution in [0.1, 0.15) is 20.3 Å². The summed E-state index contributed by atoms with van der Waals surface area (Å²) in [6.45, 7) is 3.54.